The fourth-order valence-electron chi connectivity index (χ4n) is 12.1. The SMILES string of the molecule is OC(C(F)(F)F)(C(F)(F)F)C12CC3CC(CC(C45CC6CC(C4)CC(C(O)(C(F)(F)F)C(F)(F)F)(C6)C5)(C3)C1)C2. The third-order valence-corrected chi connectivity index (χ3v) is 12.4. The molecule has 4 atom stereocenters. The van der Waals surface area contributed by atoms with Gasteiger partial charge in [-0.1, -0.05) is 0 Å². The Hall–Kier alpha value is -0.920. The lowest BCUT2D eigenvalue weighted by atomic mass is 9.29. The van der Waals surface area contributed by atoms with E-state index < -0.39 is 120 Å². The molecule has 0 aromatic heterocycles. The van der Waals surface area contributed by atoms with E-state index in [1.807, 2.05) is 0 Å². The van der Waals surface area contributed by atoms with Crippen molar-refractivity contribution in [2.24, 2.45) is 45.3 Å². The molecule has 14 heteroatoms. The van der Waals surface area contributed by atoms with E-state index in [4.69, 9.17) is 0 Å². The van der Waals surface area contributed by atoms with Gasteiger partial charge in [-0.25, -0.2) is 0 Å². The van der Waals surface area contributed by atoms with Crippen molar-refractivity contribution in [3.63, 3.8) is 0 Å². The van der Waals surface area contributed by atoms with Gasteiger partial charge in [0.05, 0.1) is 0 Å². The smallest absolute Gasteiger partial charge is 0.373 e. The number of alkyl halides is 12. The Bertz CT molecular complexity index is 930. The second-order valence-electron chi connectivity index (χ2n) is 14.5. The number of hydrogen-bond acceptors (Lipinski definition) is 2. The van der Waals surface area contributed by atoms with Crippen LogP contribution in [0.5, 0.6) is 0 Å². The maximum Gasteiger partial charge on any atom is 0.426 e. The Labute approximate surface area is 221 Å². The fraction of sp³-hybridized carbons (Fsp3) is 1.00. The fourth-order valence-corrected chi connectivity index (χ4v) is 12.1. The van der Waals surface area contributed by atoms with E-state index >= 15 is 0 Å². The van der Waals surface area contributed by atoms with Gasteiger partial charge >= 0.3 is 24.7 Å². The number of rotatable bonds is 3. The molecule has 0 saturated heterocycles. The lowest BCUT2D eigenvalue weighted by molar-refractivity contribution is -0.435. The van der Waals surface area contributed by atoms with Crippen molar-refractivity contribution in [1.29, 1.82) is 0 Å². The predicted molar refractivity (Wildman–Crippen MR) is 113 cm³/mol. The molecule has 0 aromatic carbocycles. The predicted octanol–water partition coefficient (Wildman–Crippen LogP) is 7.87. The van der Waals surface area contributed by atoms with Gasteiger partial charge in [-0.3, -0.25) is 0 Å². The van der Waals surface area contributed by atoms with E-state index in [-0.39, 0.29) is 25.7 Å². The Morgan fingerprint density at radius 3 is 0.825 bits per heavy atom. The summed E-state index contributed by atoms with van der Waals surface area (Å²) in [4.78, 5) is 0. The van der Waals surface area contributed by atoms with E-state index in [0.717, 1.165) is 0 Å². The number of halogens is 12. The summed E-state index contributed by atoms with van der Waals surface area (Å²) in [5, 5.41) is 21.3. The highest BCUT2D eigenvalue weighted by molar-refractivity contribution is 5.26. The van der Waals surface area contributed by atoms with Gasteiger partial charge in [-0.05, 0) is 112 Å². The van der Waals surface area contributed by atoms with E-state index in [9.17, 15) is 62.9 Å². The molecule has 2 N–H and O–H groups in total. The van der Waals surface area contributed by atoms with Crippen LogP contribution in [0.2, 0.25) is 0 Å². The first-order chi connectivity index (χ1) is 17.9. The first-order valence-electron chi connectivity index (χ1n) is 13.6. The van der Waals surface area contributed by atoms with Crippen molar-refractivity contribution in [2.45, 2.75) is 113 Å². The number of hydrogen-bond donors (Lipinski definition) is 2. The molecule has 0 radical (unpaired) electrons. The van der Waals surface area contributed by atoms with E-state index in [0.29, 0.717) is 12.8 Å². The van der Waals surface area contributed by atoms with Crippen molar-refractivity contribution in [1.82, 2.24) is 0 Å². The molecule has 0 aromatic rings. The standard InChI is InChI=1S/C26H30F12O2/c27-23(28,29)21(39,24(30,31)32)19-7-13-1-14(8-19)4-17(3-13,11-19)18-5-15-2-16(6-18)10-20(9-15,12-18)22(40,25(33,34)35)26(36,37)38/h13-16,39-40H,1-12H2. The molecular weight excluding hydrogens is 572 g/mol. The molecule has 0 amide bonds. The third-order valence-electron chi connectivity index (χ3n) is 12.4. The monoisotopic (exact) mass is 602 g/mol. The van der Waals surface area contributed by atoms with Gasteiger partial charge in [0.2, 0.25) is 0 Å². The van der Waals surface area contributed by atoms with Crippen LogP contribution in [0.25, 0.3) is 0 Å². The zero-order valence-corrected chi connectivity index (χ0v) is 21.2. The summed E-state index contributed by atoms with van der Waals surface area (Å²) in [5.41, 5.74) is -18.3. The average molecular weight is 602 g/mol. The van der Waals surface area contributed by atoms with Crippen LogP contribution in [0.15, 0.2) is 0 Å². The van der Waals surface area contributed by atoms with Gasteiger partial charge in [0.15, 0.2) is 0 Å². The minimum atomic E-state index is -6.09. The van der Waals surface area contributed by atoms with Gasteiger partial charge in [-0.2, -0.15) is 52.7 Å². The Morgan fingerprint density at radius 2 is 0.625 bits per heavy atom. The molecule has 8 fully saturated rings. The molecule has 8 aliphatic carbocycles. The second kappa shape index (κ2) is 7.59. The molecule has 0 aliphatic heterocycles. The second-order valence-corrected chi connectivity index (χ2v) is 14.5. The van der Waals surface area contributed by atoms with Gasteiger partial charge in [0, 0.05) is 10.8 Å². The summed E-state index contributed by atoms with van der Waals surface area (Å²) >= 11 is 0. The van der Waals surface area contributed by atoms with Crippen LogP contribution in [-0.2, 0) is 0 Å². The zero-order chi connectivity index (χ0) is 29.8. The van der Waals surface area contributed by atoms with Gasteiger partial charge in [0.25, 0.3) is 11.2 Å². The molecule has 40 heavy (non-hydrogen) atoms. The van der Waals surface area contributed by atoms with Crippen molar-refractivity contribution >= 4 is 0 Å². The first-order valence-corrected chi connectivity index (χ1v) is 13.6. The largest absolute Gasteiger partial charge is 0.426 e. The van der Waals surface area contributed by atoms with Gasteiger partial charge < -0.3 is 10.2 Å². The molecule has 230 valence electrons. The van der Waals surface area contributed by atoms with Crippen molar-refractivity contribution < 1.29 is 62.9 Å². The molecule has 8 aliphatic rings. The topological polar surface area (TPSA) is 40.5 Å². The summed E-state index contributed by atoms with van der Waals surface area (Å²) in [6, 6.07) is 0. The molecule has 8 saturated carbocycles. The van der Waals surface area contributed by atoms with Crippen LogP contribution in [0.4, 0.5) is 52.7 Å². The summed E-state index contributed by atoms with van der Waals surface area (Å²) in [5.74, 6) is -2.70. The van der Waals surface area contributed by atoms with Gasteiger partial charge in [0.1, 0.15) is 0 Å². The van der Waals surface area contributed by atoms with Crippen molar-refractivity contribution in [2.75, 3.05) is 0 Å². The van der Waals surface area contributed by atoms with Gasteiger partial charge in [-0.15, -0.1) is 0 Å². The highest BCUT2D eigenvalue weighted by Crippen LogP contribution is 2.82. The Balaban J connectivity index is 1.50. The lowest BCUT2D eigenvalue weighted by Gasteiger charge is -2.76. The van der Waals surface area contributed by atoms with Crippen LogP contribution in [0.3, 0.4) is 0 Å². The molecule has 2 nitrogen and oxygen atoms in total. The molecular formula is C26H30F12O2. The summed E-state index contributed by atoms with van der Waals surface area (Å²) in [6.07, 6.45) is -27.2. The molecule has 0 spiro atoms. The molecule has 8 rings (SSSR count). The Morgan fingerprint density at radius 1 is 0.400 bits per heavy atom. The summed E-state index contributed by atoms with van der Waals surface area (Å²) < 4.78 is 171. The average Bonchev–Trinajstić information content (AvgIpc) is 2.72. The van der Waals surface area contributed by atoms with Crippen LogP contribution in [0, 0.1) is 45.3 Å². The molecule has 8 bridgehead atoms. The minimum absolute atomic E-state index is 0.100. The van der Waals surface area contributed by atoms with Crippen LogP contribution < -0.4 is 0 Å². The molecule has 4 unspecified atom stereocenters. The highest BCUT2D eigenvalue weighted by atomic mass is 19.4. The highest BCUT2D eigenvalue weighted by Gasteiger charge is 2.86. The minimum Gasteiger partial charge on any atom is -0.373 e. The first kappa shape index (κ1) is 29.2. The lowest BCUT2D eigenvalue weighted by Crippen LogP contribution is -2.76. The Kier molecular flexibility index (Phi) is 5.53. The van der Waals surface area contributed by atoms with E-state index in [2.05, 4.69) is 0 Å². The van der Waals surface area contributed by atoms with Crippen LogP contribution in [0.1, 0.15) is 77.0 Å². The maximum absolute atomic E-state index is 14.2. The maximum atomic E-state index is 14.2. The normalized spacial score (nSPS) is 45.5. The van der Waals surface area contributed by atoms with Crippen LogP contribution in [-0.4, -0.2) is 46.1 Å². The molecule has 0 heterocycles. The number of aliphatic hydroxyl groups is 2. The van der Waals surface area contributed by atoms with Crippen molar-refractivity contribution in [3.8, 4) is 0 Å². The summed E-state index contributed by atoms with van der Waals surface area (Å²) in [7, 11) is 0. The summed E-state index contributed by atoms with van der Waals surface area (Å²) in [6.45, 7) is 0. The third kappa shape index (κ3) is 3.24. The van der Waals surface area contributed by atoms with Crippen LogP contribution >= 0.6 is 0 Å². The zero-order valence-electron chi connectivity index (χ0n) is 21.2. The van der Waals surface area contributed by atoms with Crippen molar-refractivity contribution in [3.05, 3.63) is 0 Å². The van der Waals surface area contributed by atoms with E-state index in [1.165, 1.54) is 0 Å². The quantitative estimate of drug-likeness (QED) is 0.323. The van der Waals surface area contributed by atoms with E-state index in [1.54, 1.807) is 0 Å².